The van der Waals surface area contributed by atoms with Crippen molar-refractivity contribution in [3.05, 3.63) is 42.2 Å². The van der Waals surface area contributed by atoms with E-state index in [-0.39, 0.29) is 11.4 Å². The van der Waals surface area contributed by atoms with E-state index < -0.39 is 29.1 Å². The molecule has 0 saturated carbocycles. The van der Waals surface area contributed by atoms with Crippen LogP contribution in [0.2, 0.25) is 0 Å². The summed E-state index contributed by atoms with van der Waals surface area (Å²) in [5, 5.41) is 32.3. The van der Waals surface area contributed by atoms with Crippen molar-refractivity contribution in [2.75, 3.05) is 10.6 Å². The Hall–Kier alpha value is -2.96. The lowest BCUT2D eigenvalue weighted by Gasteiger charge is -2.09. The smallest absolute Gasteiger partial charge is 0.323 e. The number of phenols is 3. The largest absolute Gasteiger partial charge is 0.504 e. The molecule has 0 spiro atoms. The molecular weight excluding hydrogens is 267 g/mol. The lowest BCUT2D eigenvalue weighted by atomic mass is 10.2. The summed E-state index contributed by atoms with van der Waals surface area (Å²) in [5.74, 6) is -2.47. The average Bonchev–Trinajstić information content (AvgIpc) is 2.38. The molecule has 0 bridgehead atoms. The van der Waals surface area contributed by atoms with Gasteiger partial charge < -0.3 is 26.0 Å². The number of halogens is 1. The van der Waals surface area contributed by atoms with Gasteiger partial charge in [0, 0.05) is 12.1 Å². The molecule has 20 heavy (non-hydrogen) atoms. The summed E-state index contributed by atoms with van der Waals surface area (Å²) in [7, 11) is 0. The number of carbonyl (C=O) groups excluding carboxylic acids is 1. The number of aromatic hydroxyl groups is 3. The Morgan fingerprint density at radius 1 is 1.00 bits per heavy atom. The van der Waals surface area contributed by atoms with Crippen LogP contribution in [0.25, 0.3) is 0 Å². The van der Waals surface area contributed by atoms with E-state index in [1.54, 1.807) is 6.07 Å². The highest BCUT2D eigenvalue weighted by atomic mass is 19.1. The van der Waals surface area contributed by atoms with Crippen molar-refractivity contribution in [3.63, 3.8) is 0 Å². The van der Waals surface area contributed by atoms with Crippen LogP contribution in [0.3, 0.4) is 0 Å². The Kier molecular flexibility index (Phi) is 3.60. The van der Waals surface area contributed by atoms with Crippen molar-refractivity contribution in [3.8, 4) is 17.2 Å². The van der Waals surface area contributed by atoms with Crippen LogP contribution in [-0.2, 0) is 0 Å². The Morgan fingerprint density at radius 2 is 1.60 bits per heavy atom. The molecule has 2 amide bonds. The molecule has 0 heterocycles. The predicted octanol–water partition coefficient (Wildman–Crippen LogP) is 2.59. The summed E-state index contributed by atoms with van der Waals surface area (Å²) < 4.78 is 13.3. The van der Waals surface area contributed by atoms with Crippen molar-refractivity contribution in [2.45, 2.75) is 0 Å². The maximum Gasteiger partial charge on any atom is 0.323 e. The summed E-state index contributed by atoms with van der Waals surface area (Å²) in [6.45, 7) is 0. The van der Waals surface area contributed by atoms with Crippen LogP contribution in [0.1, 0.15) is 0 Å². The summed E-state index contributed by atoms with van der Waals surface area (Å²) in [6.07, 6.45) is 0. The van der Waals surface area contributed by atoms with Gasteiger partial charge in [0.2, 0.25) is 0 Å². The van der Waals surface area contributed by atoms with Gasteiger partial charge in [-0.1, -0.05) is 12.1 Å². The monoisotopic (exact) mass is 278 g/mol. The molecule has 0 radical (unpaired) electrons. The van der Waals surface area contributed by atoms with Crippen LogP contribution in [0.5, 0.6) is 17.2 Å². The van der Waals surface area contributed by atoms with Crippen LogP contribution in [0.4, 0.5) is 20.6 Å². The molecule has 5 N–H and O–H groups in total. The molecule has 0 aromatic heterocycles. The van der Waals surface area contributed by atoms with Gasteiger partial charge in [0.15, 0.2) is 17.2 Å². The number of carbonyl (C=O) groups is 1. The van der Waals surface area contributed by atoms with Crippen LogP contribution in [0, 0.1) is 5.82 Å². The van der Waals surface area contributed by atoms with Crippen molar-refractivity contribution in [2.24, 2.45) is 0 Å². The van der Waals surface area contributed by atoms with Crippen LogP contribution in [0.15, 0.2) is 36.4 Å². The molecule has 0 aliphatic rings. The van der Waals surface area contributed by atoms with E-state index in [0.717, 1.165) is 12.1 Å². The highest BCUT2D eigenvalue weighted by molar-refractivity contribution is 6.00. The van der Waals surface area contributed by atoms with E-state index in [0.29, 0.717) is 0 Å². The average molecular weight is 278 g/mol. The Bertz CT molecular complexity index is 638. The second-order valence-electron chi connectivity index (χ2n) is 3.92. The Balaban J connectivity index is 2.11. The molecule has 104 valence electrons. The predicted molar refractivity (Wildman–Crippen MR) is 70.5 cm³/mol. The van der Waals surface area contributed by atoms with Gasteiger partial charge >= 0.3 is 6.03 Å². The molecule has 7 heteroatoms. The van der Waals surface area contributed by atoms with E-state index >= 15 is 0 Å². The minimum Gasteiger partial charge on any atom is -0.504 e. The number of benzene rings is 2. The van der Waals surface area contributed by atoms with Crippen molar-refractivity contribution in [1.29, 1.82) is 0 Å². The molecule has 0 aliphatic heterocycles. The first-order valence-electron chi connectivity index (χ1n) is 5.55. The van der Waals surface area contributed by atoms with Crippen molar-refractivity contribution in [1.82, 2.24) is 0 Å². The van der Waals surface area contributed by atoms with E-state index in [1.165, 1.54) is 18.2 Å². The normalized spacial score (nSPS) is 10.1. The first kappa shape index (κ1) is 13.5. The highest BCUT2D eigenvalue weighted by Gasteiger charge is 2.11. The van der Waals surface area contributed by atoms with Gasteiger partial charge in [0.25, 0.3) is 0 Å². The number of rotatable bonds is 2. The minimum atomic E-state index is -0.764. The number of nitrogens with one attached hydrogen (secondary N) is 2. The van der Waals surface area contributed by atoms with Crippen molar-refractivity contribution >= 4 is 17.4 Å². The molecule has 2 aromatic rings. The Labute approximate surface area is 113 Å². The van der Waals surface area contributed by atoms with E-state index in [1.807, 2.05) is 0 Å². The maximum atomic E-state index is 13.3. The number of anilines is 2. The SMILES string of the molecule is O=C(Nc1cc(O)c(O)c(O)c1)Nc1ccccc1F. The molecule has 2 aromatic carbocycles. The first-order valence-corrected chi connectivity index (χ1v) is 5.55. The quantitative estimate of drug-likeness (QED) is 0.430. The number of hydrogen-bond donors (Lipinski definition) is 5. The van der Waals surface area contributed by atoms with Gasteiger partial charge in [-0.05, 0) is 12.1 Å². The molecule has 0 fully saturated rings. The number of para-hydroxylation sites is 1. The van der Waals surface area contributed by atoms with Crippen LogP contribution < -0.4 is 10.6 Å². The number of phenolic OH excluding ortho intramolecular Hbond substituents is 3. The Morgan fingerprint density at radius 3 is 2.20 bits per heavy atom. The second-order valence-corrected chi connectivity index (χ2v) is 3.92. The highest BCUT2D eigenvalue weighted by Crippen LogP contribution is 2.37. The fourth-order valence-corrected chi connectivity index (χ4v) is 1.52. The fourth-order valence-electron chi connectivity index (χ4n) is 1.52. The van der Waals surface area contributed by atoms with Gasteiger partial charge in [-0.25, -0.2) is 9.18 Å². The molecule has 0 atom stereocenters. The molecule has 0 saturated heterocycles. The second kappa shape index (κ2) is 5.35. The van der Waals surface area contributed by atoms with E-state index in [2.05, 4.69) is 10.6 Å². The summed E-state index contributed by atoms with van der Waals surface area (Å²) in [6, 6.07) is 6.91. The van der Waals surface area contributed by atoms with Gasteiger partial charge in [-0.3, -0.25) is 0 Å². The topological polar surface area (TPSA) is 102 Å². The lowest BCUT2D eigenvalue weighted by molar-refractivity contribution is 0.262. The molecular formula is C13H11FN2O4. The van der Waals surface area contributed by atoms with Crippen LogP contribution in [-0.4, -0.2) is 21.4 Å². The molecule has 2 rings (SSSR count). The summed E-state index contributed by atoms with van der Waals surface area (Å²) in [4.78, 5) is 11.6. The van der Waals surface area contributed by atoms with Crippen LogP contribution >= 0.6 is 0 Å². The zero-order valence-corrected chi connectivity index (χ0v) is 10.1. The van der Waals surface area contributed by atoms with Gasteiger partial charge in [-0.2, -0.15) is 0 Å². The molecule has 6 nitrogen and oxygen atoms in total. The molecule has 0 aliphatic carbocycles. The van der Waals surface area contributed by atoms with Gasteiger partial charge in [0.05, 0.1) is 11.4 Å². The third-order valence-electron chi connectivity index (χ3n) is 2.45. The lowest BCUT2D eigenvalue weighted by Crippen LogP contribution is -2.20. The number of amides is 2. The maximum absolute atomic E-state index is 13.3. The fraction of sp³-hybridized carbons (Fsp3) is 0. The zero-order chi connectivity index (χ0) is 14.7. The first-order chi connectivity index (χ1) is 9.47. The zero-order valence-electron chi connectivity index (χ0n) is 10.1. The van der Waals surface area contributed by atoms with Crippen molar-refractivity contribution < 1.29 is 24.5 Å². The summed E-state index contributed by atoms with van der Waals surface area (Å²) >= 11 is 0. The summed E-state index contributed by atoms with van der Waals surface area (Å²) in [5.41, 5.74) is 0.0175. The van der Waals surface area contributed by atoms with Gasteiger partial charge in [0.1, 0.15) is 5.82 Å². The third-order valence-corrected chi connectivity index (χ3v) is 2.45. The standard InChI is InChI=1S/C13H11FN2O4/c14-8-3-1-2-4-9(8)16-13(20)15-7-5-10(17)12(19)11(18)6-7/h1-6,17-19H,(H2,15,16,20). The van der Waals surface area contributed by atoms with E-state index in [4.69, 9.17) is 5.11 Å². The number of hydrogen-bond acceptors (Lipinski definition) is 4. The number of urea groups is 1. The molecule has 0 unspecified atom stereocenters. The van der Waals surface area contributed by atoms with E-state index in [9.17, 15) is 19.4 Å². The minimum absolute atomic E-state index is 0.0165. The third kappa shape index (κ3) is 2.89. The van der Waals surface area contributed by atoms with Gasteiger partial charge in [-0.15, -0.1) is 0 Å².